The predicted octanol–water partition coefficient (Wildman–Crippen LogP) is 6.24. The van der Waals surface area contributed by atoms with E-state index in [2.05, 4.69) is 34.6 Å². The Morgan fingerprint density at radius 2 is 2.03 bits per heavy atom. The van der Waals surface area contributed by atoms with Crippen molar-refractivity contribution < 1.29 is 23.2 Å². The third-order valence-electron chi connectivity index (χ3n) is 5.25. The third-order valence-corrected chi connectivity index (χ3v) is 6.61. The molecule has 3 aromatic rings. The summed E-state index contributed by atoms with van der Waals surface area (Å²) in [4.78, 5) is 16.6. The van der Waals surface area contributed by atoms with Crippen LogP contribution in [0.4, 0.5) is 10.1 Å². The molecule has 1 unspecified atom stereocenters. The van der Waals surface area contributed by atoms with Crippen LogP contribution in [0.1, 0.15) is 23.2 Å². The molecule has 38 heavy (non-hydrogen) atoms. The summed E-state index contributed by atoms with van der Waals surface area (Å²) in [5.41, 5.74) is 6.40. The number of anilines is 1. The zero-order valence-corrected chi connectivity index (χ0v) is 22.8. The van der Waals surface area contributed by atoms with Crippen LogP contribution in [0.2, 0.25) is 5.02 Å². The second-order valence-corrected chi connectivity index (χ2v) is 10.0. The van der Waals surface area contributed by atoms with E-state index in [0.29, 0.717) is 32.6 Å². The maximum Gasteiger partial charge on any atom is 0.252 e. The Balaban J connectivity index is 0.000000505. The van der Waals surface area contributed by atoms with Gasteiger partial charge in [0.15, 0.2) is 16.7 Å². The second kappa shape index (κ2) is 12.8. The van der Waals surface area contributed by atoms with E-state index in [1.165, 1.54) is 31.5 Å². The second-order valence-electron chi connectivity index (χ2n) is 7.99. The molecule has 8 nitrogen and oxygen atoms in total. The van der Waals surface area contributed by atoms with Crippen molar-refractivity contribution in [2.45, 2.75) is 18.9 Å². The van der Waals surface area contributed by atoms with Crippen LogP contribution in [0, 0.1) is 5.82 Å². The minimum Gasteiger partial charge on any atom is -0.496 e. The van der Waals surface area contributed by atoms with E-state index in [1.54, 1.807) is 18.2 Å². The molecule has 0 bridgehead atoms. The molecule has 1 fully saturated rings. The number of hydrogen-bond acceptors (Lipinski definition) is 6. The number of pyridine rings is 1. The molecule has 1 aliphatic rings. The number of nitrogens with one attached hydrogen (secondary N) is 2. The van der Waals surface area contributed by atoms with Crippen molar-refractivity contribution in [3.63, 3.8) is 0 Å². The molecule has 1 saturated carbocycles. The Kier molecular flexibility index (Phi) is 9.81. The fraction of sp³-hybridized carbons (Fsp3) is 0.154. The molecule has 1 aromatic heterocycles. The number of thiocarbonyl (C=S) groups is 1. The summed E-state index contributed by atoms with van der Waals surface area (Å²) in [5, 5.41) is 6.68. The van der Waals surface area contributed by atoms with Gasteiger partial charge in [-0.25, -0.2) is 4.39 Å². The molecular formula is C26H26ClFN4O4S2. The number of methoxy groups -OCH3 is 1. The first-order valence-electron chi connectivity index (χ1n) is 11.1. The van der Waals surface area contributed by atoms with Crippen molar-refractivity contribution in [3.05, 3.63) is 77.1 Å². The van der Waals surface area contributed by atoms with Gasteiger partial charge in [0.2, 0.25) is 0 Å². The number of aromatic nitrogens is 1. The lowest BCUT2D eigenvalue weighted by atomic mass is 10.1. The molecule has 2 aromatic carbocycles. The number of ether oxygens (including phenoxy) is 2. The van der Waals surface area contributed by atoms with E-state index in [0.717, 1.165) is 12.8 Å². The lowest BCUT2D eigenvalue weighted by Gasteiger charge is -2.15. The van der Waals surface area contributed by atoms with Gasteiger partial charge >= 0.3 is 0 Å². The summed E-state index contributed by atoms with van der Waals surface area (Å²) in [5.74, 6) is 2.35. The summed E-state index contributed by atoms with van der Waals surface area (Å²) in [6.07, 6.45) is 5.11. The average Bonchev–Trinajstić information content (AvgIpc) is 3.71. The first-order chi connectivity index (χ1) is 18.0. The number of benzene rings is 2. The van der Waals surface area contributed by atoms with Crippen LogP contribution < -0.4 is 25.8 Å². The van der Waals surface area contributed by atoms with E-state index in [-0.39, 0.29) is 27.8 Å². The van der Waals surface area contributed by atoms with Gasteiger partial charge in [-0.3, -0.25) is 9.78 Å². The first-order valence-corrected chi connectivity index (χ1v) is 13.2. The average molecular weight is 577 g/mol. The summed E-state index contributed by atoms with van der Waals surface area (Å²) in [7, 11) is 0.501. The Bertz CT molecular complexity index is 1450. The summed E-state index contributed by atoms with van der Waals surface area (Å²) < 4.78 is 34.5. The van der Waals surface area contributed by atoms with Gasteiger partial charge in [-0.15, -0.1) is 0 Å². The highest BCUT2D eigenvalue weighted by Crippen LogP contribution is 2.37. The molecule has 5 N–H and O–H groups in total. The lowest BCUT2D eigenvalue weighted by molar-refractivity contribution is 0.0997. The Hall–Kier alpha value is -3.51. The first kappa shape index (κ1) is 29.1. The van der Waals surface area contributed by atoms with Gasteiger partial charge in [-0.05, 0) is 66.0 Å². The van der Waals surface area contributed by atoms with Crippen LogP contribution in [0.15, 0.2) is 60.7 Å². The van der Waals surface area contributed by atoms with Crippen molar-refractivity contribution >= 4 is 68.1 Å². The standard InChI is InChI=1S/C21H18ClFN4O3S.C5H8OS/c1-29-17-9-14-11(8-12(17)20(24)28)15(6-7-25-14)30-16-5-4-13(18(22)19(16)23)27-21(31)26-10-2-3-10;1-4-5(2)7(3)6/h4-10H,2-3H2,1H3,(H2,24,28)(H2,26,27,31);4,6H,1-3H2. The molecule has 0 aliphatic heterocycles. The van der Waals surface area contributed by atoms with Gasteiger partial charge in [0.1, 0.15) is 16.5 Å². The SMILES string of the molecule is C=CC(=C)S(=C)O.COc1cc2nccc(Oc3ccc(NC(=S)NC4CC4)c(Cl)c3F)c2cc1C(N)=O. The normalized spacial score (nSPS) is 12.9. The maximum absolute atomic E-state index is 14.9. The number of rotatable bonds is 8. The molecule has 200 valence electrons. The number of amides is 1. The molecule has 4 rings (SSSR count). The highest BCUT2D eigenvalue weighted by Gasteiger charge is 2.23. The van der Waals surface area contributed by atoms with Gasteiger partial charge in [0.05, 0.1) is 23.9 Å². The number of nitrogens with two attached hydrogens (primary N) is 1. The smallest absolute Gasteiger partial charge is 0.252 e. The van der Waals surface area contributed by atoms with E-state index in [9.17, 15) is 9.18 Å². The van der Waals surface area contributed by atoms with Gasteiger partial charge in [0.25, 0.3) is 5.91 Å². The summed E-state index contributed by atoms with van der Waals surface area (Å²) >= 11 is 11.4. The molecule has 1 atom stereocenters. The Morgan fingerprint density at radius 3 is 2.58 bits per heavy atom. The van der Waals surface area contributed by atoms with Gasteiger partial charge in [-0.1, -0.05) is 30.8 Å². The van der Waals surface area contributed by atoms with Gasteiger partial charge in [0, 0.05) is 28.6 Å². The quantitative estimate of drug-likeness (QED) is 0.184. The number of allylic oxidation sites excluding steroid dienone is 1. The van der Waals surface area contributed by atoms with E-state index < -0.39 is 22.5 Å². The van der Waals surface area contributed by atoms with E-state index in [4.69, 9.17) is 43.6 Å². The number of halogens is 2. The predicted molar refractivity (Wildman–Crippen MR) is 157 cm³/mol. The van der Waals surface area contributed by atoms with E-state index in [1.807, 2.05) is 0 Å². The molecule has 1 heterocycles. The number of carbonyl (C=O) groups excluding carboxylic acids is 1. The molecule has 12 heteroatoms. The van der Waals surface area contributed by atoms with Gasteiger partial charge < -0.3 is 30.4 Å². The van der Waals surface area contributed by atoms with Crippen molar-refractivity contribution in [2.24, 2.45) is 5.73 Å². The zero-order valence-electron chi connectivity index (χ0n) is 20.4. The van der Waals surface area contributed by atoms with Crippen LogP contribution >= 0.6 is 34.6 Å². The van der Waals surface area contributed by atoms with Crippen LogP contribution in [-0.2, 0) is 0 Å². The van der Waals surface area contributed by atoms with Crippen LogP contribution in [0.25, 0.3) is 10.9 Å². The van der Waals surface area contributed by atoms with Crippen LogP contribution in [0.3, 0.4) is 0 Å². The van der Waals surface area contributed by atoms with Crippen molar-refractivity contribution in [1.29, 1.82) is 0 Å². The summed E-state index contributed by atoms with van der Waals surface area (Å²) in [6.45, 7) is 6.84. The fourth-order valence-corrected chi connectivity index (χ4v) is 3.76. The fourth-order valence-electron chi connectivity index (χ4n) is 3.09. The lowest BCUT2D eigenvalue weighted by Crippen LogP contribution is -2.30. The molecule has 0 radical (unpaired) electrons. The molecule has 0 spiro atoms. The number of primary amides is 1. The highest BCUT2D eigenvalue weighted by molar-refractivity contribution is 8.12. The number of carbonyl (C=O) groups is 1. The van der Waals surface area contributed by atoms with E-state index >= 15 is 0 Å². The highest BCUT2D eigenvalue weighted by atomic mass is 35.5. The minimum atomic E-state index is -0.923. The van der Waals surface area contributed by atoms with Crippen molar-refractivity contribution in [2.75, 3.05) is 12.4 Å². The largest absolute Gasteiger partial charge is 0.496 e. The number of fused-ring (bicyclic) bond motifs is 1. The zero-order chi connectivity index (χ0) is 28.0. The Labute approximate surface area is 232 Å². The molecule has 1 aliphatic carbocycles. The number of nitrogens with zero attached hydrogens (tertiary/aromatic N) is 1. The minimum absolute atomic E-state index is 0.0967. The van der Waals surface area contributed by atoms with Crippen LogP contribution in [0.5, 0.6) is 17.2 Å². The molecule has 0 saturated heterocycles. The summed E-state index contributed by atoms with van der Waals surface area (Å²) in [6, 6.07) is 7.98. The maximum atomic E-state index is 14.9. The topological polar surface area (TPSA) is 119 Å². The third kappa shape index (κ3) is 7.29. The van der Waals surface area contributed by atoms with Gasteiger partial charge in [-0.2, -0.15) is 0 Å². The Morgan fingerprint density at radius 1 is 1.32 bits per heavy atom. The monoisotopic (exact) mass is 576 g/mol. The van der Waals surface area contributed by atoms with Crippen molar-refractivity contribution in [3.8, 4) is 17.2 Å². The van der Waals surface area contributed by atoms with Crippen LogP contribution in [-0.4, -0.2) is 39.6 Å². The molecular weight excluding hydrogens is 551 g/mol. The molecule has 1 amide bonds. The number of hydrogen-bond donors (Lipinski definition) is 4. The van der Waals surface area contributed by atoms with Crippen molar-refractivity contribution in [1.82, 2.24) is 10.3 Å².